The fourth-order valence-electron chi connectivity index (χ4n) is 2.53. The monoisotopic (exact) mass is 301 g/mol. The maximum Gasteiger partial charge on any atom is 0.0486 e. The van der Waals surface area contributed by atoms with E-state index in [1.165, 1.54) is 24.1 Å². The van der Waals surface area contributed by atoms with Gasteiger partial charge in [-0.2, -0.15) is 0 Å². The van der Waals surface area contributed by atoms with Crippen molar-refractivity contribution in [1.82, 2.24) is 0 Å². The average molecular weight is 302 g/mol. The van der Waals surface area contributed by atoms with Crippen LogP contribution in [-0.4, -0.2) is 6.04 Å². The fraction of sp³-hybridized carbons (Fsp3) is 0.250. The van der Waals surface area contributed by atoms with Gasteiger partial charge in [0.05, 0.1) is 0 Å². The summed E-state index contributed by atoms with van der Waals surface area (Å²) in [7, 11) is 0. The van der Waals surface area contributed by atoms with E-state index in [2.05, 4.69) is 69.8 Å². The van der Waals surface area contributed by atoms with Crippen LogP contribution in [0.15, 0.2) is 59.1 Å². The second-order valence-electron chi connectivity index (χ2n) is 4.90. The topological polar surface area (TPSA) is 12.0 Å². The van der Waals surface area contributed by atoms with Crippen molar-refractivity contribution in [2.45, 2.75) is 24.8 Å². The zero-order chi connectivity index (χ0) is 12.4. The second kappa shape index (κ2) is 5.15. The Labute approximate surface area is 116 Å². The first-order chi connectivity index (χ1) is 8.83. The van der Waals surface area contributed by atoms with Gasteiger partial charge < -0.3 is 5.32 Å². The van der Waals surface area contributed by atoms with Gasteiger partial charge in [-0.25, -0.2) is 0 Å². The van der Waals surface area contributed by atoms with E-state index in [0.717, 1.165) is 10.4 Å². The molecule has 0 atom stereocenters. The van der Waals surface area contributed by atoms with Crippen molar-refractivity contribution in [3.05, 3.63) is 64.6 Å². The quantitative estimate of drug-likeness (QED) is 0.858. The van der Waals surface area contributed by atoms with Crippen molar-refractivity contribution in [2.75, 3.05) is 5.32 Å². The summed E-state index contributed by atoms with van der Waals surface area (Å²) in [6.45, 7) is 0. The lowest BCUT2D eigenvalue weighted by atomic mass is 9.76. The zero-order valence-electron chi connectivity index (χ0n) is 10.1. The fourth-order valence-corrected chi connectivity index (χ4v) is 2.93. The molecule has 1 saturated carbocycles. The minimum atomic E-state index is 0.605. The molecule has 18 heavy (non-hydrogen) atoms. The van der Waals surface area contributed by atoms with Gasteiger partial charge >= 0.3 is 0 Å². The van der Waals surface area contributed by atoms with E-state index in [-0.39, 0.29) is 0 Å². The average Bonchev–Trinajstić information content (AvgIpc) is 2.36. The van der Waals surface area contributed by atoms with E-state index in [4.69, 9.17) is 0 Å². The third kappa shape index (κ3) is 2.44. The number of nitrogens with one attached hydrogen (secondary N) is 1. The van der Waals surface area contributed by atoms with Crippen LogP contribution in [0.3, 0.4) is 0 Å². The molecule has 1 fully saturated rings. The number of hydrogen-bond donors (Lipinski definition) is 1. The molecule has 1 aliphatic rings. The highest BCUT2D eigenvalue weighted by Gasteiger charge is 2.30. The summed E-state index contributed by atoms with van der Waals surface area (Å²) in [5, 5.41) is 3.60. The van der Waals surface area contributed by atoms with Crippen LogP contribution >= 0.6 is 15.9 Å². The molecule has 0 unspecified atom stereocenters. The van der Waals surface area contributed by atoms with Gasteiger partial charge in [0.15, 0.2) is 0 Å². The van der Waals surface area contributed by atoms with Crippen LogP contribution in [0.5, 0.6) is 0 Å². The van der Waals surface area contributed by atoms with Crippen LogP contribution in [0.2, 0.25) is 0 Å². The van der Waals surface area contributed by atoms with Crippen LogP contribution < -0.4 is 5.32 Å². The van der Waals surface area contributed by atoms with Gasteiger partial charge in [0, 0.05) is 16.2 Å². The molecule has 2 aromatic rings. The van der Waals surface area contributed by atoms with Crippen molar-refractivity contribution < 1.29 is 0 Å². The van der Waals surface area contributed by atoms with E-state index in [0.29, 0.717) is 6.04 Å². The minimum absolute atomic E-state index is 0.605. The lowest BCUT2D eigenvalue weighted by Crippen LogP contribution is -2.34. The SMILES string of the molecule is Brc1ccccc1NC1CC(c2ccccc2)C1. The highest BCUT2D eigenvalue weighted by molar-refractivity contribution is 9.10. The molecule has 0 aromatic heterocycles. The zero-order valence-corrected chi connectivity index (χ0v) is 11.7. The predicted octanol–water partition coefficient (Wildman–Crippen LogP) is 4.81. The van der Waals surface area contributed by atoms with Crippen molar-refractivity contribution in [1.29, 1.82) is 0 Å². The molecule has 1 nitrogen and oxygen atoms in total. The van der Waals surface area contributed by atoms with E-state index < -0.39 is 0 Å². The lowest BCUT2D eigenvalue weighted by molar-refractivity contribution is 0.374. The molecule has 0 heterocycles. The summed E-state index contributed by atoms with van der Waals surface area (Å²) in [5.74, 6) is 0.728. The Morgan fingerprint density at radius 3 is 2.28 bits per heavy atom. The smallest absolute Gasteiger partial charge is 0.0486 e. The van der Waals surface area contributed by atoms with Crippen LogP contribution in [0.25, 0.3) is 0 Å². The second-order valence-corrected chi connectivity index (χ2v) is 5.75. The Bertz CT molecular complexity index is 518. The molecule has 0 aliphatic heterocycles. The molecular formula is C16H16BrN. The highest BCUT2D eigenvalue weighted by Crippen LogP contribution is 2.39. The molecule has 3 rings (SSSR count). The molecule has 2 aromatic carbocycles. The van der Waals surface area contributed by atoms with E-state index in [9.17, 15) is 0 Å². The Morgan fingerprint density at radius 1 is 0.889 bits per heavy atom. The molecule has 0 radical (unpaired) electrons. The first kappa shape index (κ1) is 11.8. The van der Waals surface area contributed by atoms with Crippen LogP contribution in [0.4, 0.5) is 5.69 Å². The minimum Gasteiger partial charge on any atom is -0.381 e. The Balaban J connectivity index is 1.59. The van der Waals surface area contributed by atoms with Gasteiger partial charge in [-0.3, -0.25) is 0 Å². The van der Waals surface area contributed by atoms with Crippen molar-refractivity contribution in [2.24, 2.45) is 0 Å². The summed E-state index contributed by atoms with van der Waals surface area (Å²) in [6.07, 6.45) is 2.46. The Morgan fingerprint density at radius 2 is 1.56 bits per heavy atom. The number of halogens is 1. The highest BCUT2D eigenvalue weighted by atomic mass is 79.9. The number of benzene rings is 2. The van der Waals surface area contributed by atoms with Crippen molar-refractivity contribution in [3.8, 4) is 0 Å². The molecule has 92 valence electrons. The maximum absolute atomic E-state index is 3.60. The standard InChI is InChI=1S/C16H16BrN/c17-15-8-4-5-9-16(15)18-14-10-13(11-14)12-6-2-1-3-7-12/h1-9,13-14,18H,10-11H2. The molecule has 1 aliphatic carbocycles. The largest absolute Gasteiger partial charge is 0.381 e. The summed E-state index contributed by atoms with van der Waals surface area (Å²) in [4.78, 5) is 0. The third-order valence-corrected chi connectivity index (χ3v) is 4.33. The Hall–Kier alpha value is -1.28. The maximum atomic E-state index is 3.60. The van der Waals surface area contributed by atoms with Gasteiger partial charge in [-0.1, -0.05) is 42.5 Å². The number of hydrogen-bond acceptors (Lipinski definition) is 1. The first-order valence-corrected chi connectivity index (χ1v) is 7.18. The van der Waals surface area contributed by atoms with Gasteiger partial charge in [-0.15, -0.1) is 0 Å². The summed E-state index contributed by atoms with van der Waals surface area (Å²) < 4.78 is 1.15. The Kier molecular flexibility index (Phi) is 3.37. The van der Waals surface area contributed by atoms with Crippen LogP contribution in [-0.2, 0) is 0 Å². The number of anilines is 1. The molecule has 0 saturated heterocycles. The van der Waals surface area contributed by atoms with E-state index in [1.54, 1.807) is 0 Å². The van der Waals surface area contributed by atoms with E-state index in [1.807, 2.05) is 6.07 Å². The van der Waals surface area contributed by atoms with Crippen molar-refractivity contribution >= 4 is 21.6 Å². The lowest BCUT2D eigenvalue weighted by Gasteiger charge is -2.37. The van der Waals surface area contributed by atoms with Crippen LogP contribution in [0.1, 0.15) is 24.3 Å². The van der Waals surface area contributed by atoms with Crippen LogP contribution in [0, 0.1) is 0 Å². The summed E-state index contributed by atoms with van der Waals surface area (Å²) in [5.41, 5.74) is 2.68. The van der Waals surface area contributed by atoms with Crippen molar-refractivity contribution in [3.63, 3.8) is 0 Å². The predicted molar refractivity (Wildman–Crippen MR) is 80.0 cm³/mol. The summed E-state index contributed by atoms with van der Waals surface area (Å²) >= 11 is 3.58. The van der Waals surface area contributed by atoms with Gasteiger partial charge in [0.2, 0.25) is 0 Å². The number of rotatable bonds is 3. The normalized spacial score (nSPS) is 22.3. The summed E-state index contributed by atoms with van der Waals surface area (Å²) in [6, 6.07) is 19.7. The molecule has 1 N–H and O–H groups in total. The van der Waals surface area contributed by atoms with Gasteiger partial charge in [0.25, 0.3) is 0 Å². The van der Waals surface area contributed by atoms with Gasteiger partial charge in [-0.05, 0) is 52.4 Å². The molecule has 0 bridgehead atoms. The first-order valence-electron chi connectivity index (χ1n) is 6.39. The molecule has 0 spiro atoms. The van der Waals surface area contributed by atoms with Gasteiger partial charge in [0.1, 0.15) is 0 Å². The number of para-hydroxylation sites is 1. The molecule has 2 heteroatoms. The van der Waals surface area contributed by atoms with E-state index >= 15 is 0 Å². The molecular weight excluding hydrogens is 286 g/mol. The molecule has 0 amide bonds. The third-order valence-electron chi connectivity index (χ3n) is 3.64.